The summed E-state index contributed by atoms with van der Waals surface area (Å²) in [4.78, 5) is 39.4. The molecule has 0 radical (unpaired) electrons. The lowest BCUT2D eigenvalue weighted by Gasteiger charge is -2.24. The highest BCUT2D eigenvalue weighted by Gasteiger charge is 2.46. The Bertz CT molecular complexity index is 1100. The van der Waals surface area contributed by atoms with Gasteiger partial charge in [-0.2, -0.15) is 0 Å². The molecular weight excluding hydrogens is 422 g/mol. The van der Waals surface area contributed by atoms with Gasteiger partial charge >= 0.3 is 6.09 Å². The number of benzene rings is 2. The predicted molar refractivity (Wildman–Crippen MR) is 121 cm³/mol. The van der Waals surface area contributed by atoms with Crippen molar-refractivity contribution < 1.29 is 23.5 Å². The van der Waals surface area contributed by atoms with Crippen molar-refractivity contribution in [1.82, 2.24) is 10.2 Å². The molecule has 2 heterocycles. The summed E-state index contributed by atoms with van der Waals surface area (Å²) in [7, 11) is 0. The van der Waals surface area contributed by atoms with E-state index in [0.717, 1.165) is 12.0 Å². The first-order chi connectivity index (χ1) is 16.1. The molecule has 33 heavy (non-hydrogen) atoms. The van der Waals surface area contributed by atoms with Gasteiger partial charge in [0.1, 0.15) is 0 Å². The Morgan fingerprint density at radius 2 is 1.76 bits per heavy atom. The van der Waals surface area contributed by atoms with Crippen LogP contribution >= 0.6 is 0 Å². The summed E-state index contributed by atoms with van der Waals surface area (Å²) in [6.07, 6.45) is 0.890. The smallest absolute Gasteiger partial charge is 0.411 e. The molecular formula is C25H25N3O5. The standard InChI is InChI=1S/C25H25N3O5/c1-2-14-26-24(30)21-22(33-25(31)28(21)16-17-7-4-3-5-8-17)18-10-12-19(13-11-18)27-23(29)20-9-6-15-32-20/h3-13,15,21-22H,2,14,16H2,1H3,(H,26,30)(H,27,29)/t21-,22-/m1/s1. The highest BCUT2D eigenvalue weighted by Crippen LogP contribution is 2.34. The van der Waals surface area contributed by atoms with E-state index in [4.69, 9.17) is 9.15 Å². The van der Waals surface area contributed by atoms with Crippen LogP contribution in [0.4, 0.5) is 10.5 Å². The summed E-state index contributed by atoms with van der Waals surface area (Å²) in [5.74, 6) is -0.433. The van der Waals surface area contributed by atoms with Gasteiger partial charge in [0, 0.05) is 12.2 Å². The van der Waals surface area contributed by atoms with Crippen LogP contribution in [0.25, 0.3) is 0 Å². The molecule has 1 aliphatic heterocycles. The molecule has 1 fully saturated rings. The minimum Gasteiger partial charge on any atom is -0.459 e. The van der Waals surface area contributed by atoms with Crippen molar-refractivity contribution in [3.63, 3.8) is 0 Å². The predicted octanol–water partition coefficient (Wildman–Crippen LogP) is 4.12. The summed E-state index contributed by atoms with van der Waals surface area (Å²) in [5.41, 5.74) is 2.11. The van der Waals surface area contributed by atoms with Gasteiger partial charge in [-0.3, -0.25) is 14.5 Å². The van der Waals surface area contributed by atoms with Crippen LogP contribution in [0.1, 0.15) is 41.1 Å². The minimum atomic E-state index is -0.812. The summed E-state index contributed by atoms with van der Waals surface area (Å²) in [5, 5.41) is 5.63. The molecule has 0 bridgehead atoms. The Balaban J connectivity index is 1.54. The van der Waals surface area contributed by atoms with Crippen molar-refractivity contribution in [1.29, 1.82) is 0 Å². The molecule has 0 saturated carbocycles. The number of nitrogens with one attached hydrogen (secondary N) is 2. The van der Waals surface area contributed by atoms with E-state index < -0.39 is 18.2 Å². The van der Waals surface area contributed by atoms with Gasteiger partial charge in [0.05, 0.1) is 12.8 Å². The average molecular weight is 447 g/mol. The quantitative estimate of drug-likeness (QED) is 0.541. The molecule has 1 aromatic heterocycles. The van der Waals surface area contributed by atoms with Crippen LogP contribution in [-0.4, -0.2) is 35.4 Å². The van der Waals surface area contributed by atoms with Crippen molar-refractivity contribution in [2.75, 3.05) is 11.9 Å². The number of carbonyl (C=O) groups excluding carboxylic acids is 3. The van der Waals surface area contributed by atoms with Crippen molar-refractivity contribution in [2.45, 2.75) is 32.0 Å². The van der Waals surface area contributed by atoms with Gasteiger partial charge in [-0.25, -0.2) is 4.79 Å². The maximum atomic E-state index is 13.0. The fourth-order valence-corrected chi connectivity index (χ4v) is 3.70. The molecule has 0 aliphatic carbocycles. The first-order valence-corrected chi connectivity index (χ1v) is 10.8. The summed E-state index contributed by atoms with van der Waals surface area (Å²) >= 11 is 0. The second kappa shape index (κ2) is 10.0. The molecule has 3 aromatic rings. The lowest BCUT2D eigenvalue weighted by atomic mass is 10.00. The fourth-order valence-electron chi connectivity index (χ4n) is 3.70. The second-order valence-corrected chi connectivity index (χ2v) is 7.71. The van der Waals surface area contributed by atoms with Crippen LogP contribution in [0, 0.1) is 0 Å². The van der Waals surface area contributed by atoms with E-state index >= 15 is 0 Å². The van der Waals surface area contributed by atoms with E-state index in [2.05, 4.69) is 10.6 Å². The number of hydrogen-bond acceptors (Lipinski definition) is 5. The number of ether oxygens (including phenoxy) is 1. The van der Waals surface area contributed by atoms with Gasteiger partial charge in [-0.15, -0.1) is 0 Å². The normalized spacial score (nSPS) is 17.5. The monoisotopic (exact) mass is 447 g/mol. The zero-order valence-corrected chi connectivity index (χ0v) is 18.2. The Morgan fingerprint density at radius 3 is 2.42 bits per heavy atom. The number of cyclic esters (lactones) is 1. The largest absolute Gasteiger partial charge is 0.459 e. The van der Waals surface area contributed by atoms with Gasteiger partial charge in [0.15, 0.2) is 17.9 Å². The van der Waals surface area contributed by atoms with E-state index in [1.165, 1.54) is 11.2 Å². The number of hydrogen-bond donors (Lipinski definition) is 2. The third-order valence-corrected chi connectivity index (χ3v) is 5.34. The number of furan rings is 1. The van der Waals surface area contributed by atoms with Crippen LogP contribution in [0.3, 0.4) is 0 Å². The molecule has 2 aromatic carbocycles. The maximum absolute atomic E-state index is 13.0. The van der Waals surface area contributed by atoms with Crippen molar-refractivity contribution in [3.8, 4) is 0 Å². The van der Waals surface area contributed by atoms with Crippen LogP contribution in [-0.2, 0) is 16.1 Å². The molecule has 0 spiro atoms. The highest BCUT2D eigenvalue weighted by molar-refractivity contribution is 6.02. The van der Waals surface area contributed by atoms with Crippen molar-refractivity contribution >= 4 is 23.6 Å². The zero-order valence-electron chi connectivity index (χ0n) is 18.2. The Morgan fingerprint density at radius 1 is 1.00 bits per heavy atom. The molecule has 8 heteroatoms. The fraction of sp³-hybridized carbons (Fsp3) is 0.240. The molecule has 0 unspecified atom stereocenters. The minimum absolute atomic E-state index is 0.202. The average Bonchev–Trinajstić information content (AvgIpc) is 3.48. The SMILES string of the molecule is CCCNC(=O)[C@H]1[C@@H](c2ccc(NC(=O)c3ccco3)cc2)OC(=O)N1Cc1ccccc1. The molecule has 1 saturated heterocycles. The van der Waals surface area contributed by atoms with E-state index in [1.54, 1.807) is 36.4 Å². The number of carbonyl (C=O) groups is 3. The van der Waals surface area contributed by atoms with Crippen LogP contribution in [0.2, 0.25) is 0 Å². The Kier molecular flexibility index (Phi) is 6.73. The summed E-state index contributed by atoms with van der Waals surface area (Å²) < 4.78 is 10.7. The van der Waals surface area contributed by atoms with Crippen LogP contribution in [0.15, 0.2) is 77.4 Å². The highest BCUT2D eigenvalue weighted by atomic mass is 16.6. The lowest BCUT2D eigenvalue weighted by Crippen LogP contribution is -2.46. The number of anilines is 1. The summed E-state index contributed by atoms with van der Waals surface area (Å²) in [6.45, 7) is 2.73. The summed E-state index contributed by atoms with van der Waals surface area (Å²) in [6, 6.07) is 18.7. The first-order valence-electron chi connectivity index (χ1n) is 10.8. The van der Waals surface area contributed by atoms with E-state index in [9.17, 15) is 14.4 Å². The first kappa shape index (κ1) is 22.1. The van der Waals surface area contributed by atoms with E-state index in [0.29, 0.717) is 17.8 Å². The number of nitrogens with zero attached hydrogens (tertiary/aromatic N) is 1. The molecule has 1 aliphatic rings. The Labute approximate surface area is 191 Å². The molecule has 2 N–H and O–H groups in total. The number of amides is 3. The van der Waals surface area contributed by atoms with E-state index in [1.807, 2.05) is 37.3 Å². The molecule has 8 nitrogen and oxygen atoms in total. The van der Waals surface area contributed by atoms with Gasteiger partial charge < -0.3 is 19.8 Å². The second-order valence-electron chi connectivity index (χ2n) is 7.71. The third kappa shape index (κ3) is 5.06. The van der Waals surface area contributed by atoms with Crippen molar-refractivity contribution in [3.05, 3.63) is 89.9 Å². The topological polar surface area (TPSA) is 101 Å². The van der Waals surface area contributed by atoms with Crippen molar-refractivity contribution in [2.24, 2.45) is 0 Å². The lowest BCUT2D eigenvalue weighted by molar-refractivity contribution is -0.126. The van der Waals surface area contributed by atoms with Crippen LogP contribution in [0.5, 0.6) is 0 Å². The zero-order chi connectivity index (χ0) is 23.2. The van der Waals surface area contributed by atoms with Gasteiger partial charge in [-0.1, -0.05) is 49.4 Å². The molecule has 170 valence electrons. The van der Waals surface area contributed by atoms with Gasteiger partial charge in [0.2, 0.25) is 5.91 Å². The third-order valence-electron chi connectivity index (χ3n) is 5.34. The van der Waals surface area contributed by atoms with Gasteiger partial charge in [0.25, 0.3) is 5.91 Å². The van der Waals surface area contributed by atoms with Crippen LogP contribution < -0.4 is 10.6 Å². The maximum Gasteiger partial charge on any atom is 0.411 e. The Hall–Kier alpha value is -4.07. The number of rotatable bonds is 8. The van der Waals surface area contributed by atoms with Gasteiger partial charge in [-0.05, 0) is 41.8 Å². The van der Waals surface area contributed by atoms with E-state index in [-0.39, 0.29) is 24.1 Å². The molecule has 4 rings (SSSR count). The molecule has 3 amide bonds. The molecule has 2 atom stereocenters.